The summed E-state index contributed by atoms with van der Waals surface area (Å²) in [5.74, 6) is 1.22. The lowest BCUT2D eigenvalue weighted by Crippen LogP contribution is -2.19. The Morgan fingerprint density at radius 3 is 2.72 bits per heavy atom. The van der Waals surface area contributed by atoms with Crippen LogP contribution in [-0.4, -0.2) is 31.8 Å². The molecule has 0 amide bonds. The van der Waals surface area contributed by atoms with E-state index < -0.39 is 5.97 Å². The van der Waals surface area contributed by atoms with Crippen molar-refractivity contribution in [2.24, 2.45) is 5.92 Å². The molecule has 0 saturated heterocycles. The second kappa shape index (κ2) is 5.71. The van der Waals surface area contributed by atoms with Gasteiger partial charge in [-0.25, -0.2) is 9.78 Å². The Bertz CT molecular complexity index is 429. The zero-order valence-electron chi connectivity index (χ0n) is 10.6. The van der Waals surface area contributed by atoms with E-state index in [1.165, 1.54) is 45.7 Å². The molecule has 0 radical (unpaired) electrons. The number of carbonyl (C=O) groups excluding carboxylic acids is 1. The Balaban J connectivity index is 2.06. The molecular formula is C13H17NO4. The van der Waals surface area contributed by atoms with Gasteiger partial charge in [-0.2, -0.15) is 0 Å². The third kappa shape index (κ3) is 2.72. The lowest BCUT2D eigenvalue weighted by atomic mass is 9.86. The van der Waals surface area contributed by atoms with E-state index in [4.69, 9.17) is 9.47 Å². The van der Waals surface area contributed by atoms with E-state index in [2.05, 4.69) is 9.72 Å². The first kappa shape index (κ1) is 12.7. The Labute approximate surface area is 106 Å². The number of methoxy groups -OCH3 is 2. The number of pyridine rings is 1. The van der Waals surface area contributed by atoms with Gasteiger partial charge < -0.3 is 14.2 Å². The van der Waals surface area contributed by atoms with E-state index in [1.54, 1.807) is 0 Å². The number of ether oxygens (including phenoxy) is 3. The molecule has 1 fully saturated rings. The molecule has 1 aromatic heterocycles. The molecule has 1 saturated carbocycles. The molecule has 98 valence electrons. The van der Waals surface area contributed by atoms with Crippen molar-refractivity contribution in [1.82, 2.24) is 4.98 Å². The highest BCUT2D eigenvalue weighted by molar-refractivity contribution is 5.87. The maximum Gasteiger partial charge on any atom is 0.356 e. The number of hydrogen-bond acceptors (Lipinski definition) is 5. The van der Waals surface area contributed by atoms with Gasteiger partial charge in [0.05, 0.1) is 27.0 Å². The SMILES string of the molecule is COC(=O)c1cc(OC)c(OCC2CCC2)cn1. The van der Waals surface area contributed by atoms with Gasteiger partial charge >= 0.3 is 5.97 Å². The first-order valence-electron chi connectivity index (χ1n) is 5.99. The zero-order valence-corrected chi connectivity index (χ0v) is 10.6. The average Bonchev–Trinajstić information content (AvgIpc) is 2.36. The Hall–Kier alpha value is -1.78. The summed E-state index contributed by atoms with van der Waals surface area (Å²) in [6.07, 6.45) is 5.22. The fourth-order valence-corrected chi connectivity index (χ4v) is 1.78. The van der Waals surface area contributed by atoms with Crippen LogP contribution in [0, 0.1) is 5.92 Å². The van der Waals surface area contributed by atoms with E-state index in [0.717, 1.165) is 0 Å². The number of carbonyl (C=O) groups is 1. The maximum atomic E-state index is 11.3. The summed E-state index contributed by atoms with van der Waals surface area (Å²) < 4.78 is 15.5. The van der Waals surface area contributed by atoms with E-state index in [0.29, 0.717) is 24.0 Å². The predicted molar refractivity (Wildman–Crippen MR) is 65.0 cm³/mol. The lowest BCUT2D eigenvalue weighted by molar-refractivity contribution is 0.0593. The summed E-state index contributed by atoms with van der Waals surface area (Å²) in [4.78, 5) is 15.3. The molecular weight excluding hydrogens is 234 g/mol. The highest BCUT2D eigenvalue weighted by Gasteiger charge is 2.19. The molecule has 1 aliphatic carbocycles. The molecule has 0 spiro atoms. The van der Waals surface area contributed by atoms with Gasteiger partial charge in [0.2, 0.25) is 0 Å². The van der Waals surface area contributed by atoms with E-state index in [1.807, 2.05) is 0 Å². The van der Waals surface area contributed by atoms with Crippen LogP contribution in [0.25, 0.3) is 0 Å². The van der Waals surface area contributed by atoms with Crippen LogP contribution in [0.3, 0.4) is 0 Å². The van der Waals surface area contributed by atoms with Crippen molar-refractivity contribution < 1.29 is 19.0 Å². The summed E-state index contributed by atoms with van der Waals surface area (Å²) in [6.45, 7) is 0.676. The molecule has 1 aromatic rings. The van der Waals surface area contributed by atoms with Gasteiger partial charge in [-0.1, -0.05) is 6.42 Å². The van der Waals surface area contributed by atoms with Crippen LogP contribution in [0.1, 0.15) is 29.8 Å². The van der Waals surface area contributed by atoms with Gasteiger partial charge in [0.15, 0.2) is 17.2 Å². The predicted octanol–water partition coefficient (Wildman–Crippen LogP) is 2.06. The molecule has 0 unspecified atom stereocenters. The minimum atomic E-state index is -0.487. The number of rotatable bonds is 5. The van der Waals surface area contributed by atoms with Crippen LogP contribution in [0.2, 0.25) is 0 Å². The van der Waals surface area contributed by atoms with Gasteiger partial charge in [0, 0.05) is 6.07 Å². The molecule has 5 heteroatoms. The van der Waals surface area contributed by atoms with Crippen molar-refractivity contribution in [2.45, 2.75) is 19.3 Å². The van der Waals surface area contributed by atoms with Crippen molar-refractivity contribution in [3.63, 3.8) is 0 Å². The number of nitrogens with zero attached hydrogens (tertiary/aromatic N) is 1. The Morgan fingerprint density at radius 1 is 1.39 bits per heavy atom. The molecule has 0 bridgehead atoms. The normalized spacial score (nSPS) is 14.8. The summed E-state index contributed by atoms with van der Waals surface area (Å²) in [7, 11) is 2.85. The fourth-order valence-electron chi connectivity index (χ4n) is 1.78. The van der Waals surface area contributed by atoms with Crippen LogP contribution in [0.4, 0.5) is 0 Å². The molecule has 1 aliphatic rings. The molecule has 0 aliphatic heterocycles. The number of esters is 1. The average molecular weight is 251 g/mol. The Morgan fingerprint density at radius 2 is 2.17 bits per heavy atom. The van der Waals surface area contributed by atoms with Crippen LogP contribution >= 0.6 is 0 Å². The van der Waals surface area contributed by atoms with E-state index >= 15 is 0 Å². The summed E-state index contributed by atoms with van der Waals surface area (Å²) in [5, 5.41) is 0. The fraction of sp³-hybridized carbons (Fsp3) is 0.538. The van der Waals surface area contributed by atoms with Crippen molar-refractivity contribution >= 4 is 5.97 Å². The molecule has 1 heterocycles. The zero-order chi connectivity index (χ0) is 13.0. The van der Waals surface area contributed by atoms with Gasteiger partial charge in [-0.05, 0) is 18.8 Å². The molecule has 0 atom stereocenters. The highest BCUT2D eigenvalue weighted by Crippen LogP contribution is 2.31. The smallest absolute Gasteiger partial charge is 0.356 e. The molecule has 2 rings (SSSR count). The standard InChI is InChI=1S/C13H17NO4/c1-16-11-6-10(13(15)17-2)14-7-12(11)18-8-9-4-3-5-9/h6-7,9H,3-5,8H2,1-2H3. The van der Waals surface area contributed by atoms with Crippen LogP contribution in [0.5, 0.6) is 11.5 Å². The summed E-state index contributed by atoms with van der Waals surface area (Å²) in [5.41, 5.74) is 0.213. The van der Waals surface area contributed by atoms with Crippen molar-refractivity contribution in [2.75, 3.05) is 20.8 Å². The minimum absolute atomic E-state index is 0.213. The monoisotopic (exact) mass is 251 g/mol. The highest BCUT2D eigenvalue weighted by atomic mass is 16.5. The van der Waals surface area contributed by atoms with Crippen molar-refractivity contribution in [1.29, 1.82) is 0 Å². The number of hydrogen-bond donors (Lipinski definition) is 0. The topological polar surface area (TPSA) is 57.7 Å². The minimum Gasteiger partial charge on any atom is -0.493 e. The first-order valence-corrected chi connectivity index (χ1v) is 5.99. The van der Waals surface area contributed by atoms with Gasteiger partial charge in [0.25, 0.3) is 0 Å². The Kier molecular flexibility index (Phi) is 4.02. The quantitative estimate of drug-likeness (QED) is 0.750. The third-order valence-corrected chi connectivity index (χ3v) is 3.15. The number of aromatic nitrogens is 1. The molecule has 0 aromatic carbocycles. The van der Waals surface area contributed by atoms with Crippen molar-refractivity contribution in [3.05, 3.63) is 18.0 Å². The van der Waals surface area contributed by atoms with Crippen molar-refractivity contribution in [3.8, 4) is 11.5 Å². The van der Waals surface area contributed by atoms with E-state index in [-0.39, 0.29) is 5.69 Å². The second-order valence-corrected chi connectivity index (χ2v) is 4.32. The van der Waals surface area contributed by atoms with Crippen LogP contribution < -0.4 is 9.47 Å². The second-order valence-electron chi connectivity index (χ2n) is 4.32. The lowest BCUT2D eigenvalue weighted by Gasteiger charge is -2.25. The molecule has 18 heavy (non-hydrogen) atoms. The third-order valence-electron chi connectivity index (χ3n) is 3.15. The van der Waals surface area contributed by atoms with Crippen LogP contribution in [-0.2, 0) is 4.74 Å². The largest absolute Gasteiger partial charge is 0.493 e. The van der Waals surface area contributed by atoms with Gasteiger partial charge in [-0.15, -0.1) is 0 Å². The van der Waals surface area contributed by atoms with Gasteiger partial charge in [-0.3, -0.25) is 0 Å². The molecule has 5 nitrogen and oxygen atoms in total. The summed E-state index contributed by atoms with van der Waals surface area (Å²) in [6, 6.07) is 1.53. The molecule has 0 N–H and O–H groups in total. The maximum absolute atomic E-state index is 11.3. The van der Waals surface area contributed by atoms with E-state index in [9.17, 15) is 4.79 Å². The van der Waals surface area contributed by atoms with Gasteiger partial charge in [0.1, 0.15) is 0 Å². The summed E-state index contributed by atoms with van der Waals surface area (Å²) >= 11 is 0. The first-order chi connectivity index (χ1) is 8.74. The van der Waals surface area contributed by atoms with Crippen LogP contribution in [0.15, 0.2) is 12.3 Å².